The number of rotatable bonds is 5. The van der Waals surface area contributed by atoms with E-state index < -0.39 is 0 Å². The Kier molecular flexibility index (Phi) is 9.10. The largest absolute Gasteiger partial charge is 0.354 e. The number of hydrogen-bond acceptors (Lipinski definition) is 2. The first kappa shape index (κ1) is 20.7. The number of guanidine groups is 1. The molecular formula is C18H29IN4O. The molecule has 1 aliphatic heterocycles. The second kappa shape index (κ2) is 10.5. The first-order valence-corrected chi connectivity index (χ1v) is 8.40. The summed E-state index contributed by atoms with van der Waals surface area (Å²) in [6, 6.07) is 10.7. The molecule has 134 valence electrons. The first-order valence-electron chi connectivity index (χ1n) is 8.40. The van der Waals surface area contributed by atoms with Crippen molar-refractivity contribution in [2.75, 3.05) is 33.2 Å². The predicted molar refractivity (Wildman–Crippen MR) is 110 cm³/mol. The molecule has 1 heterocycles. The van der Waals surface area contributed by atoms with Crippen molar-refractivity contribution in [1.29, 1.82) is 0 Å². The molecule has 1 amide bonds. The SMILES string of the molecule is CN=C(NCCNC(=O)C(C)C)N1CCC(c2ccccc2)C1.I. The third-order valence-electron chi connectivity index (χ3n) is 4.20. The second-order valence-electron chi connectivity index (χ2n) is 6.26. The molecule has 5 nitrogen and oxygen atoms in total. The van der Waals surface area contributed by atoms with Crippen LogP contribution in [0.25, 0.3) is 0 Å². The van der Waals surface area contributed by atoms with Gasteiger partial charge in [0, 0.05) is 45.1 Å². The zero-order chi connectivity index (χ0) is 16.7. The van der Waals surface area contributed by atoms with E-state index in [-0.39, 0.29) is 35.8 Å². The molecule has 1 unspecified atom stereocenters. The van der Waals surface area contributed by atoms with Gasteiger partial charge in [-0.1, -0.05) is 44.2 Å². The van der Waals surface area contributed by atoms with Crippen LogP contribution in [0.15, 0.2) is 35.3 Å². The zero-order valence-corrected chi connectivity index (χ0v) is 17.1. The number of hydrogen-bond donors (Lipinski definition) is 2. The summed E-state index contributed by atoms with van der Waals surface area (Å²) in [7, 11) is 1.81. The van der Waals surface area contributed by atoms with Crippen molar-refractivity contribution in [3.63, 3.8) is 0 Å². The molecule has 0 aliphatic carbocycles. The van der Waals surface area contributed by atoms with Crippen LogP contribution in [0.4, 0.5) is 0 Å². The van der Waals surface area contributed by atoms with Gasteiger partial charge in [-0.25, -0.2) is 0 Å². The quantitative estimate of drug-likeness (QED) is 0.318. The predicted octanol–water partition coefficient (Wildman–Crippen LogP) is 2.44. The Labute approximate surface area is 162 Å². The number of benzene rings is 1. The summed E-state index contributed by atoms with van der Waals surface area (Å²) in [5, 5.41) is 6.25. The molecule has 1 aliphatic rings. The number of carbonyl (C=O) groups is 1. The van der Waals surface area contributed by atoms with Gasteiger partial charge in [-0.15, -0.1) is 24.0 Å². The monoisotopic (exact) mass is 444 g/mol. The van der Waals surface area contributed by atoms with E-state index in [1.165, 1.54) is 5.56 Å². The van der Waals surface area contributed by atoms with E-state index in [2.05, 4.69) is 50.9 Å². The molecule has 1 fully saturated rings. The Morgan fingerprint density at radius 2 is 1.92 bits per heavy atom. The Morgan fingerprint density at radius 1 is 1.25 bits per heavy atom. The average Bonchev–Trinajstić information content (AvgIpc) is 3.05. The van der Waals surface area contributed by atoms with Gasteiger partial charge in [0.05, 0.1) is 0 Å². The Morgan fingerprint density at radius 3 is 2.54 bits per heavy atom. The summed E-state index contributed by atoms with van der Waals surface area (Å²) in [6.07, 6.45) is 1.15. The molecule has 0 bridgehead atoms. The minimum atomic E-state index is 0. The standard InChI is InChI=1S/C18H28N4O.HI/c1-14(2)17(23)20-10-11-21-18(19-3)22-12-9-16(13-22)15-7-5-4-6-8-15;/h4-8,14,16H,9-13H2,1-3H3,(H,19,21)(H,20,23);1H. The molecule has 1 aromatic carbocycles. The van der Waals surface area contributed by atoms with Crippen LogP contribution in [-0.2, 0) is 4.79 Å². The van der Waals surface area contributed by atoms with Crippen LogP contribution in [0.2, 0.25) is 0 Å². The molecule has 24 heavy (non-hydrogen) atoms. The van der Waals surface area contributed by atoms with Crippen LogP contribution in [0.5, 0.6) is 0 Å². The maximum Gasteiger partial charge on any atom is 0.222 e. The summed E-state index contributed by atoms with van der Waals surface area (Å²) < 4.78 is 0. The molecule has 0 radical (unpaired) electrons. The maximum absolute atomic E-state index is 11.5. The van der Waals surface area contributed by atoms with Crippen LogP contribution in [0.1, 0.15) is 31.7 Å². The van der Waals surface area contributed by atoms with Crippen molar-refractivity contribution in [1.82, 2.24) is 15.5 Å². The number of amides is 1. The molecule has 6 heteroatoms. The average molecular weight is 444 g/mol. The molecule has 0 aromatic heterocycles. The number of likely N-dealkylation sites (tertiary alicyclic amines) is 1. The molecule has 0 spiro atoms. The van der Waals surface area contributed by atoms with Gasteiger partial charge < -0.3 is 15.5 Å². The van der Waals surface area contributed by atoms with E-state index in [4.69, 9.17) is 0 Å². The van der Waals surface area contributed by atoms with Crippen molar-refractivity contribution in [3.05, 3.63) is 35.9 Å². The van der Waals surface area contributed by atoms with Gasteiger partial charge >= 0.3 is 0 Å². The lowest BCUT2D eigenvalue weighted by Gasteiger charge is -2.22. The number of halogens is 1. The number of nitrogens with zero attached hydrogens (tertiary/aromatic N) is 2. The number of nitrogens with one attached hydrogen (secondary N) is 2. The first-order chi connectivity index (χ1) is 11.1. The molecule has 2 N–H and O–H groups in total. The molecule has 1 atom stereocenters. The lowest BCUT2D eigenvalue weighted by molar-refractivity contribution is -0.123. The van der Waals surface area contributed by atoms with E-state index in [1.807, 2.05) is 20.9 Å². The van der Waals surface area contributed by atoms with Crippen LogP contribution in [-0.4, -0.2) is 50.0 Å². The Balaban J connectivity index is 0.00000288. The van der Waals surface area contributed by atoms with Gasteiger partial charge in [-0.05, 0) is 12.0 Å². The highest BCUT2D eigenvalue weighted by molar-refractivity contribution is 14.0. The molecule has 2 rings (SSSR count). The van der Waals surface area contributed by atoms with Gasteiger partial charge in [0.15, 0.2) is 5.96 Å². The van der Waals surface area contributed by atoms with Crippen molar-refractivity contribution in [2.45, 2.75) is 26.2 Å². The third kappa shape index (κ3) is 5.96. The summed E-state index contributed by atoms with van der Waals surface area (Å²) in [4.78, 5) is 18.2. The highest BCUT2D eigenvalue weighted by Gasteiger charge is 2.25. The van der Waals surface area contributed by atoms with Gasteiger partial charge in [-0.2, -0.15) is 0 Å². The maximum atomic E-state index is 11.5. The highest BCUT2D eigenvalue weighted by Crippen LogP contribution is 2.26. The normalized spacial score (nSPS) is 17.6. The summed E-state index contributed by atoms with van der Waals surface area (Å²) in [6.45, 7) is 7.11. The minimum absolute atomic E-state index is 0. The summed E-state index contributed by atoms with van der Waals surface area (Å²) in [5.41, 5.74) is 1.40. The smallest absolute Gasteiger partial charge is 0.222 e. The van der Waals surface area contributed by atoms with E-state index in [9.17, 15) is 4.79 Å². The summed E-state index contributed by atoms with van der Waals surface area (Å²) >= 11 is 0. The Hall–Kier alpha value is -1.31. The van der Waals surface area contributed by atoms with Crippen LogP contribution >= 0.6 is 24.0 Å². The zero-order valence-electron chi connectivity index (χ0n) is 14.8. The minimum Gasteiger partial charge on any atom is -0.354 e. The van der Waals surface area contributed by atoms with Gasteiger partial charge in [-0.3, -0.25) is 9.79 Å². The van der Waals surface area contributed by atoms with Gasteiger partial charge in [0.2, 0.25) is 5.91 Å². The second-order valence-corrected chi connectivity index (χ2v) is 6.26. The van der Waals surface area contributed by atoms with Crippen LogP contribution < -0.4 is 10.6 Å². The fourth-order valence-electron chi connectivity index (χ4n) is 2.85. The molecule has 0 saturated carbocycles. The fraction of sp³-hybridized carbons (Fsp3) is 0.556. The van der Waals surface area contributed by atoms with Crippen LogP contribution in [0, 0.1) is 5.92 Å². The van der Waals surface area contributed by atoms with E-state index in [0.717, 1.165) is 25.5 Å². The van der Waals surface area contributed by atoms with Crippen molar-refractivity contribution < 1.29 is 4.79 Å². The molecule has 1 saturated heterocycles. The van der Waals surface area contributed by atoms with Crippen molar-refractivity contribution in [3.8, 4) is 0 Å². The summed E-state index contributed by atoms with van der Waals surface area (Å²) in [5.74, 6) is 1.60. The Bertz CT molecular complexity index is 533. The molecule has 1 aromatic rings. The van der Waals surface area contributed by atoms with E-state index >= 15 is 0 Å². The lowest BCUT2D eigenvalue weighted by atomic mass is 9.99. The van der Waals surface area contributed by atoms with Gasteiger partial charge in [0.25, 0.3) is 0 Å². The van der Waals surface area contributed by atoms with E-state index in [0.29, 0.717) is 19.0 Å². The number of aliphatic imine (C=N–C) groups is 1. The van der Waals surface area contributed by atoms with Gasteiger partial charge in [0.1, 0.15) is 0 Å². The topological polar surface area (TPSA) is 56.7 Å². The van der Waals surface area contributed by atoms with E-state index in [1.54, 1.807) is 0 Å². The van der Waals surface area contributed by atoms with Crippen molar-refractivity contribution >= 4 is 35.8 Å². The fourth-order valence-corrected chi connectivity index (χ4v) is 2.85. The van der Waals surface area contributed by atoms with Crippen molar-refractivity contribution in [2.24, 2.45) is 10.9 Å². The third-order valence-corrected chi connectivity index (χ3v) is 4.20. The van der Waals surface area contributed by atoms with Crippen LogP contribution in [0.3, 0.4) is 0 Å². The molecular weight excluding hydrogens is 415 g/mol. The lowest BCUT2D eigenvalue weighted by Crippen LogP contribution is -2.43. The number of carbonyl (C=O) groups excluding carboxylic acids is 1. The highest BCUT2D eigenvalue weighted by atomic mass is 127.